The molecule has 54 valence electrons. The number of unbranched alkanes of at least 4 members (excludes halogenated alkanes) is 3. The maximum absolute atomic E-state index is 7.13. The second kappa shape index (κ2) is 5.80. The van der Waals surface area contributed by atoms with Gasteiger partial charge in [-0.25, -0.2) is 0 Å². The molecule has 0 bridgehead atoms. The summed E-state index contributed by atoms with van der Waals surface area (Å²) in [7, 11) is 0. The number of hydrogen-bond acceptors (Lipinski definition) is 1. The second-order valence-electron chi connectivity index (χ2n) is 2.59. The van der Waals surface area contributed by atoms with Crippen LogP contribution in [0.2, 0.25) is 0 Å². The van der Waals surface area contributed by atoms with E-state index in [0.717, 1.165) is 12.1 Å². The minimum atomic E-state index is 0.825. The van der Waals surface area contributed by atoms with E-state index in [2.05, 4.69) is 6.92 Å². The van der Waals surface area contributed by atoms with Crippen LogP contribution in [0.3, 0.4) is 0 Å². The van der Waals surface area contributed by atoms with Gasteiger partial charge < -0.3 is 5.41 Å². The molecule has 0 aliphatic rings. The molecule has 0 aromatic heterocycles. The Kier molecular flexibility index (Phi) is 5.59. The molecule has 0 aromatic rings. The number of hydrogen-bond donors (Lipinski definition) is 1. The Morgan fingerprint density at radius 3 is 2.33 bits per heavy atom. The summed E-state index contributed by atoms with van der Waals surface area (Å²) in [6.45, 7) is 4.09. The van der Waals surface area contributed by atoms with Gasteiger partial charge in [0, 0.05) is 5.71 Å². The third-order valence-corrected chi connectivity index (χ3v) is 1.41. The van der Waals surface area contributed by atoms with Crippen LogP contribution >= 0.6 is 0 Å². The Balaban J connectivity index is 2.83. The summed E-state index contributed by atoms with van der Waals surface area (Å²) in [4.78, 5) is 0. The lowest BCUT2D eigenvalue weighted by Crippen LogP contribution is -1.87. The molecule has 0 fully saturated rings. The first-order chi connectivity index (χ1) is 4.27. The largest absolute Gasteiger partial charge is 0.310 e. The standard InChI is InChI=1S/C8H17N/c1-3-4-5-6-7-8(2)9/h9H,3-7H2,1-2H3. The van der Waals surface area contributed by atoms with Gasteiger partial charge in [0.05, 0.1) is 0 Å². The molecule has 0 aliphatic heterocycles. The normalized spacial score (nSPS) is 9.56. The molecular weight excluding hydrogens is 110 g/mol. The molecule has 1 nitrogen and oxygen atoms in total. The quantitative estimate of drug-likeness (QED) is 0.433. The smallest absolute Gasteiger partial charge is 0.00582 e. The van der Waals surface area contributed by atoms with Gasteiger partial charge in [0.1, 0.15) is 0 Å². The van der Waals surface area contributed by atoms with Gasteiger partial charge in [-0.05, 0) is 19.8 Å². The van der Waals surface area contributed by atoms with Crippen molar-refractivity contribution in [2.24, 2.45) is 0 Å². The average Bonchev–Trinajstić information content (AvgIpc) is 1.80. The zero-order valence-corrected chi connectivity index (χ0v) is 6.54. The van der Waals surface area contributed by atoms with Gasteiger partial charge in [-0.2, -0.15) is 0 Å². The average molecular weight is 127 g/mol. The van der Waals surface area contributed by atoms with E-state index in [-0.39, 0.29) is 0 Å². The molecule has 1 heteroatoms. The van der Waals surface area contributed by atoms with Gasteiger partial charge in [-0.15, -0.1) is 0 Å². The molecule has 0 rings (SSSR count). The Hall–Kier alpha value is -0.330. The number of nitrogens with one attached hydrogen (secondary N) is 1. The Bertz CT molecular complexity index is 76.6. The Morgan fingerprint density at radius 2 is 1.89 bits per heavy atom. The Labute approximate surface area is 58.0 Å². The molecule has 0 radical (unpaired) electrons. The van der Waals surface area contributed by atoms with Gasteiger partial charge in [0.2, 0.25) is 0 Å². The minimum Gasteiger partial charge on any atom is -0.310 e. The number of rotatable bonds is 5. The maximum Gasteiger partial charge on any atom is 0.00582 e. The van der Waals surface area contributed by atoms with Crippen LogP contribution in [-0.2, 0) is 0 Å². The van der Waals surface area contributed by atoms with Crippen LogP contribution in [0.25, 0.3) is 0 Å². The van der Waals surface area contributed by atoms with Crippen molar-refractivity contribution in [2.75, 3.05) is 0 Å². The van der Waals surface area contributed by atoms with Crippen LogP contribution in [0.1, 0.15) is 46.0 Å². The highest BCUT2D eigenvalue weighted by Crippen LogP contribution is 2.02. The molecule has 0 atom stereocenters. The van der Waals surface area contributed by atoms with E-state index in [0.29, 0.717) is 0 Å². The second-order valence-corrected chi connectivity index (χ2v) is 2.59. The third kappa shape index (κ3) is 7.67. The van der Waals surface area contributed by atoms with E-state index >= 15 is 0 Å². The summed E-state index contributed by atoms with van der Waals surface area (Å²) < 4.78 is 0. The first kappa shape index (κ1) is 8.67. The molecule has 0 aromatic carbocycles. The summed E-state index contributed by atoms with van der Waals surface area (Å²) in [5.74, 6) is 0. The first-order valence-corrected chi connectivity index (χ1v) is 3.81. The van der Waals surface area contributed by atoms with Crippen molar-refractivity contribution in [3.63, 3.8) is 0 Å². The zero-order chi connectivity index (χ0) is 7.11. The zero-order valence-electron chi connectivity index (χ0n) is 6.54. The van der Waals surface area contributed by atoms with Crippen molar-refractivity contribution in [1.82, 2.24) is 0 Å². The summed E-state index contributed by atoms with van der Waals surface area (Å²) in [5, 5.41) is 7.13. The Morgan fingerprint density at radius 1 is 1.22 bits per heavy atom. The van der Waals surface area contributed by atoms with E-state index in [1.54, 1.807) is 0 Å². The molecule has 1 N–H and O–H groups in total. The summed E-state index contributed by atoms with van der Waals surface area (Å²) in [6.07, 6.45) is 6.13. The van der Waals surface area contributed by atoms with Gasteiger partial charge in [0.15, 0.2) is 0 Å². The summed E-state index contributed by atoms with van der Waals surface area (Å²) >= 11 is 0. The van der Waals surface area contributed by atoms with E-state index in [9.17, 15) is 0 Å². The lowest BCUT2D eigenvalue weighted by molar-refractivity contribution is 0.681. The van der Waals surface area contributed by atoms with Gasteiger partial charge in [0.25, 0.3) is 0 Å². The van der Waals surface area contributed by atoms with Crippen LogP contribution in [0.15, 0.2) is 0 Å². The van der Waals surface area contributed by atoms with Crippen molar-refractivity contribution in [1.29, 1.82) is 5.41 Å². The van der Waals surface area contributed by atoms with E-state index < -0.39 is 0 Å². The highest BCUT2D eigenvalue weighted by Gasteiger charge is 1.88. The van der Waals surface area contributed by atoms with Crippen molar-refractivity contribution < 1.29 is 0 Å². The lowest BCUT2D eigenvalue weighted by atomic mass is 10.1. The maximum atomic E-state index is 7.13. The molecule has 0 saturated heterocycles. The molecular formula is C8H17N. The van der Waals surface area contributed by atoms with Gasteiger partial charge in [-0.3, -0.25) is 0 Å². The van der Waals surface area contributed by atoms with E-state index in [1.165, 1.54) is 25.7 Å². The van der Waals surface area contributed by atoms with Crippen molar-refractivity contribution in [3.05, 3.63) is 0 Å². The molecule has 0 unspecified atom stereocenters. The van der Waals surface area contributed by atoms with Crippen molar-refractivity contribution >= 4 is 5.71 Å². The van der Waals surface area contributed by atoms with Gasteiger partial charge in [-0.1, -0.05) is 26.2 Å². The van der Waals surface area contributed by atoms with E-state index in [1.807, 2.05) is 6.92 Å². The van der Waals surface area contributed by atoms with Crippen LogP contribution in [0.5, 0.6) is 0 Å². The van der Waals surface area contributed by atoms with Crippen LogP contribution in [-0.4, -0.2) is 5.71 Å². The highest BCUT2D eigenvalue weighted by molar-refractivity contribution is 5.78. The first-order valence-electron chi connectivity index (χ1n) is 3.81. The highest BCUT2D eigenvalue weighted by atomic mass is 14.4. The molecule has 0 amide bonds. The minimum absolute atomic E-state index is 0.825. The fourth-order valence-electron chi connectivity index (χ4n) is 0.817. The van der Waals surface area contributed by atoms with E-state index in [4.69, 9.17) is 5.41 Å². The van der Waals surface area contributed by atoms with Crippen molar-refractivity contribution in [2.45, 2.75) is 46.0 Å². The topological polar surface area (TPSA) is 23.9 Å². The summed E-state index contributed by atoms with van der Waals surface area (Å²) in [6, 6.07) is 0. The SMILES string of the molecule is CCCCCCC(C)=N. The third-order valence-electron chi connectivity index (χ3n) is 1.41. The van der Waals surface area contributed by atoms with Crippen LogP contribution < -0.4 is 0 Å². The molecule has 0 spiro atoms. The lowest BCUT2D eigenvalue weighted by Gasteiger charge is -1.95. The predicted molar refractivity (Wildman–Crippen MR) is 42.2 cm³/mol. The molecule has 9 heavy (non-hydrogen) atoms. The van der Waals surface area contributed by atoms with Gasteiger partial charge >= 0.3 is 0 Å². The monoisotopic (exact) mass is 127 g/mol. The predicted octanol–water partition coefficient (Wildman–Crippen LogP) is 3.00. The fourth-order valence-corrected chi connectivity index (χ4v) is 0.817. The van der Waals surface area contributed by atoms with Crippen LogP contribution in [0, 0.1) is 5.41 Å². The van der Waals surface area contributed by atoms with Crippen LogP contribution in [0.4, 0.5) is 0 Å². The molecule has 0 aliphatic carbocycles. The molecule has 0 heterocycles. The summed E-state index contributed by atoms with van der Waals surface area (Å²) in [5.41, 5.74) is 0.825. The molecule has 0 saturated carbocycles. The van der Waals surface area contributed by atoms with Crippen molar-refractivity contribution in [3.8, 4) is 0 Å². The fraction of sp³-hybridized carbons (Fsp3) is 0.875.